The number of aliphatic hydroxyl groups excluding tert-OH is 1. The van der Waals surface area contributed by atoms with E-state index in [0.29, 0.717) is 37.5 Å². The van der Waals surface area contributed by atoms with Gasteiger partial charge in [0, 0.05) is 25.7 Å². The largest absolute Gasteiger partial charge is 0.472 e. The van der Waals surface area contributed by atoms with Gasteiger partial charge in [-0.15, -0.1) is 0 Å². The van der Waals surface area contributed by atoms with Gasteiger partial charge in [0.2, 0.25) is 0 Å². The molecule has 456 valence electrons. The first-order chi connectivity index (χ1) is 36.7. The average Bonchev–Trinajstić information content (AvgIpc) is 3.37. The predicted octanol–water partition coefficient (Wildman–Crippen LogP) is 15.2. The second-order valence-electron chi connectivity index (χ2n) is 22.5. The van der Waals surface area contributed by atoms with Crippen LogP contribution >= 0.6 is 15.6 Å². The van der Waals surface area contributed by atoms with Gasteiger partial charge in [-0.3, -0.25) is 37.3 Å². The Balaban J connectivity index is 5.23. The van der Waals surface area contributed by atoms with Crippen LogP contribution in [-0.4, -0.2) is 96.7 Å². The summed E-state index contributed by atoms with van der Waals surface area (Å²) >= 11 is 0. The minimum Gasteiger partial charge on any atom is -0.462 e. The van der Waals surface area contributed by atoms with Crippen LogP contribution in [0.3, 0.4) is 0 Å². The van der Waals surface area contributed by atoms with Crippen LogP contribution in [0.1, 0.15) is 273 Å². The van der Waals surface area contributed by atoms with Crippen molar-refractivity contribution < 1.29 is 80.2 Å². The Morgan fingerprint density at radius 3 is 0.883 bits per heavy atom. The molecular formula is C58H112O17P2. The van der Waals surface area contributed by atoms with Gasteiger partial charge >= 0.3 is 39.5 Å². The molecule has 0 saturated carbocycles. The summed E-state index contributed by atoms with van der Waals surface area (Å²) in [6, 6.07) is 0. The molecule has 0 aliphatic carbocycles. The van der Waals surface area contributed by atoms with Gasteiger partial charge in [-0.05, 0) is 43.4 Å². The number of carbonyl (C=O) groups excluding carboxylic acids is 4. The van der Waals surface area contributed by atoms with Gasteiger partial charge in [-0.1, -0.05) is 222 Å². The molecule has 0 aromatic carbocycles. The SMILES string of the molecule is CCCCCCCCCCC(=O)OC[C@H](COP(=O)(O)OC[C@H](O)COP(=O)(O)OC[C@@H](COC(=O)CCCCCCCCC(C)C)OC(=O)CCCCCCCCCCC(C)C)OC(=O)CCCCCCCCC(C)C. The molecule has 0 rings (SSSR count). The molecule has 0 amide bonds. The van der Waals surface area contributed by atoms with E-state index in [-0.39, 0.29) is 25.7 Å². The maximum absolute atomic E-state index is 12.9. The zero-order valence-electron chi connectivity index (χ0n) is 49.4. The van der Waals surface area contributed by atoms with Crippen molar-refractivity contribution in [1.82, 2.24) is 0 Å². The van der Waals surface area contributed by atoms with Crippen molar-refractivity contribution in [3.63, 3.8) is 0 Å². The third-order valence-corrected chi connectivity index (χ3v) is 15.0. The highest BCUT2D eigenvalue weighted by molar-refractivity contribution is 7.47. The fraction of sp³-hybridized carbons (Fsp3) is 0.931. The summed E-state index contributed by atoms with van der Waals surface area (Å²) in [5.41, 5.74) is 0. The van der Waals surface area contributed by atoms with Gasteiger partial charge in [0.25, 0.3) is 0 Å². The Bertz CT molecular complexity index is 1550. The van der Waals surface area contributed by atoms with Gasteiger partial charge in [-0.25, -0.2) is 9.13 Å². The highest BCUT2D eigenvalue weighted by Gasteiger charge is 2.30. The minimum absolute atomic E-state index is 0.101. The van der Waals surface area contributed by atoms with E-state index in [9.17, 15) is 43.2 Å². The molecule has 5 atom stereocenters. The zero-order valence-corrected chi connectivity index (χ0v) is 51.2. The molecule has 3 N–H and O–H groups in total. The van der Waals surface area contributed by atoms with E-state index >= 15 is 0 Å². The number of unbranched alkanes of at least 4 members (excludes halogenated alkanes) is 24. The molecule has 17 nitrogen and oxygen atoms in total. The number of esters is 4. The Hall–Kier alpha value is -1.94. The number of aliphatic hydroxyl groups is 1. The molecule has 0 heterocycles. The van der Waals surface area contributed by atoms with Crippen molar-refractivity contribution in [2.45, 2.75) is 292 Å². The maximum Gasteiger partial charge on any atom is 0.472 e. The molecule has 2 unspecified atom stereocenters. The van der Waals surface area contributed by atoms with Crippen LogP contribution in [0.2, 0.25) is 0 Å². The van der Waals surface area contributed by atoms with Crippen molar-refractivity contribution in [3.05, 3.63) is 0 Å². The molecule has 0 saturated heterocycles. The number of phosphoric acid groups is 2. The number of carbonyl (C=O) groups is 4. The lowest BCUT2D eigenvalue weighted by molar-refractivity contribution is -0.161. The molecule has 0 aromatic heterocycles. The highest BCUT2D eigenvalue weighted by Crippen LogP contribution is 2.45. The quantitative estimate of drug-likeness (QED) is 0.0222. The molecule has 0 fully saturated rings. The monoisotopic (exact) mass is 1140 g/mol. The van der Waals surface area contributed by atoms with E-state index in [2.05, 4.69) is 48.5 Å². The van der Waals surface area contributed by atoms with Crippen LogP contribution in [0.15, 0.2) is 0 Å². The number of hydrogen-bond donors (Lipinski definition) is 3. The van der Waals surface area contributed by atoms with Crippen LogP contribution in [0.25, 0.3) is 0 Å². The summed E-state index contributed by atoms with van der Waals surface area (Å²) in [7, 11) is -9.87. The first-order valence-electron chi connectivity index (χ1n) is 30.3. The number of ether oxygens (including phenoxy) is 4. The number of rotatable bonds is 56. The molecule has 19 heteroatoms. The van der Waals surface area contributed by atoms with Gasteiger partial charge < -0.3 is 33.8 Å². The van der Waals surface area contributed by atoms with E-state index in [1.807, 2.05) is 0 Å². The van der Waals surface area contributed by atoms with Crippen LogP contribution in [0.4, 0.5) is 0 Å². The maximum atomic E-state index is 12.9. The van der Waals surface area contributed by atoms with Crippen LogP contribution in [0.5, 0.6) is 0 Å². The molecule has 0 radical (unpaired) electrons. The van der Waals surface area contributed by atoms with Gasteiger partial charge in [-0.2, -0.15) is 0 Å². The van der Waals surface area contributed by atoms with E-state index in [4.69, 9.17) is 37.0 Å². The second-order valence-corrected chi connectivity index (χ2v) is 25.4. The second kappa shape index (κ2) is 49.8. The third kappa shape index (κ3) is 53.2. The standard InChI is InChI=1S/C58H112O17P2/c1-8-9-10-11-12-16-25-32-39-55(60)68-45-54(75-58(63)42-35-28-21-19-24-31-38-51(6)7)48-73-77(66,67)71-44-52(59)43-70-76(64,65)72-47-53(46-69-56(61)40-33-26-20-18-23-30-37-50(4)5)74-57(62)41-34-27-17-14-13-15-22-29-36-49(2)3/h49-54,59H,8-48H2,1-7H3,(H,64,65)(H,66,67)/t52-,53-,54-/m1/s1. The van der Waals surface area contributed by atoms with Crippen molar-refractivity contribution in [3.8, 4) is 0 Å². The normalized spacial score (nSPS) is 14.6. The topological polar surface area (TPSA) is 237 Å². The smallest absolute Gasteiger partial charge is 0.462 e. The predicted molar refractivity (Wildman–Crippen MR) is 303 cm³/mol. The lowest BCUT2D eigenvalue weighted by Gasteiger charge is -2.21. The van der Waals surface area contributed by atoms with E-state index in [1.54, 1.807) is 0 Å². The van der Waals surface area contributed by atoms with Crippen molar-refractivity contribution in [2.75, 3.05) is 39.6 Å². The van der Waals surface area contributed by atoms with Gasteiger partial charge in [0.05, 0.1) is 26.4 Å². The molecule has 0 spiro atoms. The number of hydrogen-bond acceptors (Lipinski definition) is 15. The summed E-state index contributed by atoms with van der Waals surface area (Å²) < 4.78 is 67.6. The zero-order chi connectivity index (χ0) is 57.4. The molecule has 0 aliphatic heterocycles. The minimum atomic E-state index is -4.94. The summed E-state index contributed by atoms with van der Waals surface area (Å²) in [5, 5.41) is 10.5. The van der Waals surface area contributed by atoms with Gasteiger partial charge in [0.15, 0.2) is 12.2 Å². The first kappa shape index (κ1) is 75.1. The van der Waals surface area contributed by atoms with Crippen molar-refractivity contribution >= 4 is 39.5 Å². The molecule has 77 heavy (non-hydrogen) atoms. The van der Waals surface area contributed by atoms with Crippen molar-refractivity contribution in [2.24, 2.45) is 17.8 Å². The van der Waals surface area contributed by atoms with Crippen LogP contribution in [0, 0.1) is 17.8 Å². The van der Waals surface area contributed by atoms with Gasteiger partial charge in [0.1, 0.15) is 19.3 Å². The van der Waals surface area contributed by atoms with E-state index in [0.717, 1.165) is 109 Å². The van der Waals surface area contributed by atoms with Crippen molar-refractivity contribution in [1.29, 1.82) is 0 Å². The third-order valence-electron chi connectivity index (χ3n) is 13.1. The van der Waals surface area contributed by atoms with E-state index < -0.39 is 97.5 Å². The van der Waals surface area contributed by atoms with Crippen LogP contribution in [-0.2, 0) is 65.4 Å². The first-order valence-corrected chi connectivity index (χ1v) is 33.3. The fourth-order valence-corrected chi connectivity index (χ4v) is 10.00. The van der Waals surface area contributed by atoms with E-state index in [1.165, 1.54) is 70.6 Å². The summed E-state index contributed by atoms with van der Waals surface area (Å²) in [6.07, 6.45) is 28.4. The molecular weight excluding hydrogens is 1030 g/mol. The highest BCUT2D eigenvalue weighted by atomic mass is 31.2. The average molecular weight is 1140 g/mol. The molecule has 0 bridgehead atoms. The lowest BCUT2D eigenvalue weighted by Crippen LogP contribution is -2.30. The lowest BCUT2D eigenvalue weighted by atomic mass is 10.0. The molecule has 0 aromatic rings. The fourth-order valence-electron chi connectivity index (χ4n) is 8.42. The molecule has 0 aliphatic rings. The summed E-state index contributed by atoms with van der Waals surface area (Å²) in [6.45, 7) is 11.5. The Morgan fingerprint density at radius 1 is 0.351 bits per heavy atom. The Labute approximate surface area is 467 Å². The summed E-state index contributed by atoms with van der Waals surface area (Å²) in [4.78, 5) is 71.8. The van der Waals surface area contributed by atoms with Crippen LogP contribution < -0.4 is 0 Å². The number of phosphoric ester groups is 2. The Kier molecular flexibility index (Phi) is 48.6. The summed E-state index contributed by atoms with van der Waals surface area (Å²) in [5.74, 6) is -0.0866. The Morgan fingerprint density at radius 2 is 0.597 bits per heavy atom.